The Bertz CT molecular complexity index is 85.9. The summed E-state index contributed by atoms with van der Waals surface area (Å²) in [5.74, 6) is 0. The maximum absolute atomic E-state index is 6.66. The monoisotopic (exact) mass is 162 g/mol. The number of nitrogens with two attached hydrogens (primary N) is 2. The molecule has 0 aromatic heterocycles. The quantitative estimate of drug-likeness (QED) is 0.212. The number of amidine groups is 2. The molecule has 0 aliphatic rings. The first-order chi connectivity index (χ1) is 3.13. The van der Waals surface area contributed by atoms with Crippen LogP contribution >= 0.6 is 0 Å². The molecule has 0 spiro atoms. The van der Waals surface area contributed by atoms with Crippen LogP contribution in [0, 0.1) is 10.8 Å². The predicted molar refractivity (Wildman–Crippen MR) is 32.4 cm³/mol. The van der Waals surface area contributed by atoms with Crippen molar-refractivity contribution in [1.82, 2.24) is 0 Å². The summed E-state index contributed by atoms with van der Waals surface area (Å²) >= 11 is -1.38. The van der Waals surface area contributed by atoms with Crippen LogP contribution in [0.25, 0.3) is 0 Å². The van der Waals surface area contributed by atoms with E-state index in [1.165, 1.54) is 0 Å². The van der Waals surface area contributed by atoms with Gasteiger partial charge in [-0.2, -0.15) is 0 Å². The van der Waals surface area contributed by atoms with Crippen molar-refractivity contribution in [2.45, 2.75) is 0 Å². The van der Waals surface area contributed by atoms with E-state index in [0.29, 0.717) is 0 Å². The summed E-state index contributed by atoms with van der Waals surface area (Å²) in [6.45, 7) is 0. The SMILES string of the molecule is N=[C](N)[GeH2][C](=N)N. The van der Waals surface area contributed by atoms with Crippen molar-refractivity contribution >= 4 is 24.8 Å². The molecule has 4 nitrogen and oxygen atoms in total. The first kappa shape index (κ1) is 6.48. The van der Waals surface area contributed by atoms with Gasteiger partial charge in [0.2, 0.25) is 0 Å². The molecule has 0 heterocycles. The predicted octanol–water partition coefficient (Wildman–Crippen LogP) is -2.06. The molecule has 0 atom stereocenters. The van der Waals surface area contributed by atoms with Crippen LogP contribution in [0.2, 0.25) is 0 Å². The third-order valence-electron chi connectivity index (χ3n) is 0.381. The summed E-state index contributed by atoms with van der Waals surface area (Å²) < 4.78 is 0.250. The molecule has 6 N–H and O–H groups in total. The summed E-state index contributed by atoms with van der Waals surface area (Å²) in [6.07, 6.45) is 0. The van der Waals surface area contributed by atoms with Crippen LogP contribution in [-0.2, 0) is 0 Å². The molecule has 0 aromatic carbocycles. The second kappa shape index (κ2) is 2.62. The Morgan fingerprint density at radius 3 is 1.43 bits per heavy atom. The van der Waals surface area contributed by atoms with Crippen LogP contribution in [0.4, 0.5) is 0 Å². The molecule has 0 fully saturated rings. The van der Waals surface area contributed by atoms with Gasteiger partial charge in [0, 0.05) is 0 Å². The molecular formula is C2H8GeN4. The van der Waals surface area contributed by atoms with E-state index in [0.717, 1.165) is 0 Å². The molecule has 0 aliphatic heterocycles. The fourth-order valence-electron chi connectivity index (χ4n) is 0.205. The van der Waals surface area contributed by atoms with Gasteiger partial charge in [0.1, 0.15) is 0 Å². The molecule has 0 aromatic rings. The fourth-order valence-corrected chi connectivity index (χ4v) is 1.07. The summed E-state index contributed by atoms with van der Waals surface area (Å²) in [7, 11) is 0. The van der Waals surface area contributed by atoms with Crippen LogP contribution in [0.3, 0.4) is 0 Å². The molecule has 0 rings (SSSR count). The Hall–Kier alpha value is -0.517. The number of hydrogen-bond donors (Lipinski definition) is 4. The molecular weight excluding hydrogens is 153 g/mol. The van der Waals surface area contributed by atoms with Gasteiger partial charge >= 0.3 is 47.1 Å². The molecule has 0 bridgehead atoms. The van der Waals surface area contributed by atoms with E-state index < -0.39 is 15.4 Å². The molecule has 0 saturated heterocycles. The van der Waals surface area contributed by atoms with Crippen molar-refractivity contribution in [3.8, 4) is 0 Å². The molecule has 7 heavy (non-hydrogen) atoms. The summed E-state index contributed by atoms with van der Waals surface area (Å²) in [4.78, 5) is 0. The van der Waals surface area contributed by atoms with Crippen molar-refractivity contribution < 1.29 is 0 Å². The number of rotatable bonds is 2. The average molecular weight is 161 g/mol. The normalized spacial score (nSPS) is 9.71. The van der Waals surface area contributed by atoms with Crippen LogP contribution in [0.15, 0.2) is 0 Å². The second-order valence-corrected chi connectivity index (χ2v) is 5.17. The molecule has 0 unspecified atom stereocenters. The van der Waals surface area contributed by atoms with Crippen LogP contribution < -0.4 is 11.5 Å². The van der Waals surface area contributed by atoms with Gasteiger partial charge in [0.25, 0.3) is 0 Å². The molecule has 0 aliphatic carbocycles. The van der Waals surface area contributed by atoms with Gasteiger partial charge in [-0.1, -0.05) is 0 Å². The molecule has 40 valence electrons. The topological polar surface area (TPSA) is 99.7 Å². The molecule has 0 amide bonds. The zero-order chi connectivity index (χ0) is 5.86. The Labute approximate surface area is 47.8 Å². The minimum absolute atomic E-state index is 0.125. The van der Waals surface area contributed by atoms with Crippen molar-refractivity contribution in [2.24, 2.45) is 11.5 Å². The van der Waals surface area contributed by atoms with Gasteiger partial charge in [-0.05, 0) is 0 Å². The van der Waals surface area contributed by atoms with Crippen molar-refractivity contribution in [3.63, 3.8) is 0 Å². The Morgan fingerprint density at radius 1 is 1.14 bits per heavy atom. The molecule has 0 radical (unpaired) electrons. The first-order valence-corrected chi connectivity index (χ1v) is 4.75. The van der Waals surface area contributed by atoms with E-state index in [-0.39, 0.29) is 9.34 Å². The van der Waals surface area contributed by atoms with Crippen molar-refractivity contribution in [3.05, 3.63) is 0 Å². The third kappa shape index (κ3) is 5.48. The van der Waals surface area contributed by atoms with E-state index in [1.807, 2.05) is 0 Å². The number of nitrogens with one attached hydrogen (secondary N) is 2. The summed E-state index contributed by atoms with van der Waals surface area (Å²) in [5, 5.41) is 13.3. The van der Waals surface area contributed by atoms with Gasteiger partial charge in [-0.15, -0.1) is 0 Å². The summed E-state index contributed by atoms with van der Waals surface area (Å²) in [5.41, 5.74) is 9.88. The Morgan fingerprint density at radius 2 is 1.43 bits per heavy atom. The van der Waals surface area contributed by atoms with Crippen molar-refractivity contribution in [2.75, 3.05) is 0 Å². The zero-order valence-electron chi connectivity index (χ0n) is 3.86. The number of hydrogen-bond acceptors (Lipinski definition) is 2. The molecule has 5 heteroatoms. The van der Waals surface area contributed by atoms with Gasteiger partial charge < -0.3 is 0 Å². The maximum atomic E-state index is 6.66. The van der Waals surface area contributed by atoms with Gasteiger partial charge in [0.05, 0.1) is 0 Å². The van der Waals surface area contributed by atoms with Gasteiger partial charge in [0.15, 0.2) is 0 Å². The van der Waals surface area contributed by atoms with Crippen LogP contribution in [0.5, 0.6) is 0 Å². The zero-order valence-corrected chi connectivity index (χ0v) is 6.83. The van der Waals surface area contributed by atoms with Crippen LogP contribution in [-0.4, -0.2) is 24.8 Å². The van der Waals surface area contributed by atoms with E-state index in [4.69, 9.17) is 22.3 Å². The minimum atomic E-state index is -1.38. The van der Waals surface area contributed by atoms with E-state index >= 15 is 0 Å². The van der Waals surface area contributed by atoms with Gasteiger partial charge in [-0.25, -0.2) is 0 Å². The summed E-state index contributed by atoms with van der Waals surface area (Å²) in [6, 6.07) is 0. The molecule has 0 saturated carbocycles. The van der Waals surface area contributed by atoms with Crippen molar-refractivity contribution in [1.29, 1.82) is 10.8 Å². The Kier molecular flexibility index (Phi) is 2.43. The third-order valence-corrected chi connectivity index (χ3v) is 1.98. The van der Waals surface area contributed by atoms with Gasteiger partial charge in [-0.3, -0.25) is 0 Å². The fraction of sp³-hybridized carbons (Fsp3) is 0. The first-order valence-electron chi connectivity index (χ1n) is 1.78. The second-order valence-electron chi connectivity index (χ2n) is 1.23. The van der Waals surface area contributed by atoms with Crippen LogP contribution in [0.1, 0.15) is 0 Å². The Balaban J connectivity index is 3.32. The van der Waals surface area contributed by atoms with E-state index in [2.05, 4.69) is 0 Å². The van der Waals surface area contributed by atoms with E-state index in [9.17, 15) is 0 Å². The standard InChI is InChI=1S/C2H8GeN4/c4-1(5)3-2(6)7/h3H2,(H3,4,5)(H3,6,7). The van der Waals surface area contributed by atoms with E-state index in [1.54, 1.807) is 0 Å². The average Bonchev–Trinajstić information content (AvgIpc) is 1.27.